The van der Waals surface area contributed by atoms with Crippen molar-refractivity contribution in [1.82, 2.24) is 9.97 Å². The smallest absolute Gasteiger partial charge is 0.259 e. The number of thioether (sulfide) groups is 1. The van der Waals surface area contributed by atoms with Crippen molar-refractivity contribution in [2.45, 2.75) is 31.8 Å². The van der Waals surface area contributed by atoms with Gasteiger partial charge in [-0.15, -0.1) is 23.1 Å². The van der Waals surface area contributed by atoms with Gasteiger partial charge in [0.05, 0.1) is 16.4 Å². The highest BCUT2D eigenvalue weighted by molar-refractivity contribution is 7.99. The lowest BCUT2D eigenvalue weighted by atomic mass is 10.2. The summed E-state index contributed by atoms with van der Waals surface area (Å²) in [4.78, 5) is 34.0. The van der Waals surface area contributed by atoms with E-state index in [1.807, 2.05) is 20.8 Å². The van der Waals surface area contributed by atoms with Crippen molar-refractivity contribution in [2.75, 3.05) is 12.1 Å². The van der Waals surface area contributed by atoms with Gasteiger partial charge in [0, 0.05) is 16.6 Å². The molecule has 1 aromatic carbocycles. The number of fused-ring (bicyclic) bond motifs is 2. The number of nitrogens with zero attached hydrogens (tertiary/aromatic N) is 1. The number of aromatic nitrogens is 2. The lowest BCUT2D eigenvalue weighted by Gasteiger charge is -2.12. The summed E-state index contributed by atoms with van der Waals surface area (Å²) in [6.45, 7) is 5.93. The summed E-state index contributed by atoms with van der Waals surface area (Å²) >= 11 is 2.93. The lowest BCUT2D eigenvalue weighted by molar-refractivity contribution is -0.115. The molecule has 2 N–H and O–H groups in total. The van der Waals surface area contributed by atoms with Crippen molar-refractivity contribution < 1.29 is 14.3 Å². The molecule has 146 valence electrons. The maximum Gasteiger partial charge on any atom is 0.259 e. The SMILES string of the molecule is Cc1sc2nc(CS[C@H](C)C(=O)Nc3ccc4c(c3)OCO4)[nH]c(=O)c2c1C. The number of nitrogens with one attached hydrogen (secondary N) is 2. The number of amides is 1. The first-order valence-corrected chi connectivity index (χ1v) is 10.6. The number of H-pyrrole nitrogens is 1. The highest BCUT2D eigenvalue weighted by atomic mass is 32.2. The van der Waals surface area contributed by atoms with Crippen LogP contribution in [-0.4, -0.2) is 27.9 Å². The van der Waals surface area contributed by atoms with Crippen LogP contribution in [-0.2, 0) is 10.5 Å². The number of ether oxygens (including phenoxy) is 2. The molecule has 0 bridgehead atoms. The highest BCUT2D eigenvalue weighted by Gasteiger charge is 2.18. The first-order valence-electron chi connectivity index (χ1n) is 8.73. The highest BCUT2D eigenvalue weighted by Crippen LogP contribution is 2.34. The minimum atomic E-state index is -0.321. The van der Waals surface area contributed by atoms with E-state index in [2.05, 4.69) is 15.3 Å². The summed E-state index contributed by atoms with van der Waals surface area (Å²) < 4.78 is 10.6. The van der Waals surface area contributed by atoms with Crippen molar-refractivity contribution >= 4 is 44.9 Å². The van der Waals surface area contributed by atoms with Gasteiger partial charge in [-0.2, -0.15) is 0 Å². The second kappa shape index (κ2) is 7.48. The van der Waals surface area contributed by atoms with Crippen LogP contribution in [0, 0.1) is 13.8 Å². The summed E-state index contributed by atoms with van der Waals surface area (Å²) in [5.41, 5.74) is 1.50. The molecule has 0 spiro atoms. The number of anilines is 1. The van der Waals surface area contributed by atoms with E-state index in [1.54, 1.807) is 18.2 Å². The van der Waals surface area contributed by atoms with Crippen molar-refractivity contribution in [3.63, 3.8) is 0 Å². The van der Waals surface area contributed by atoms with Crippen LogP contribution in [0.15, 0.2) is 23.0 Å². The summed E-state index contributed by atoms with van der Waals surface area (Å²) in [5, 5.41) is 3.21. The van der Waals surface area contributed by atoms with Gasteiger partial charge in [0.1, 0.15) is 10.7 Å². The normalized spacial score (nSPS) is 13.7. The van der Waals surface area contributed by atoms with Gasteiger partial charge in [-0.25, -0.2) is 4.98 Å². The molecule has 3 aromatic rings. The average molecular weight is 418 g/mol. The summed E-state index contributed by atoms with van der Waals surface area (Å²) in [6, 6.07) is 5.29. The van der Waals surface area contributed by atoms with E-state index in [1.165, 1.54) is 23.1 Å². The van der Waals surface area contributed by atoms with E-state index in [0.29, 0.717) is 34.1 Å². The minimum absolute atomic E-state index is 0.125. The quantitative estimate of drug-likeness (QED) is 0.659. The van der Waals surface area contributed by atoms with E-state index in [9.17, 15) is 9.59 Å². The topological polar surface area (TPSA) is 93.3 Å². The van der Waals surface area contributed by atoms with Crippen molar-refractivity contribution in [2.24, 2.45) is 0 Å². The molecule has 0 saturated heterocycles. The number of benzene rings is 1. The molecular weight excluding hydrogens is 398 g/mol. The van der Waals surface area contributed by atoms with E-state index in [0.717, 1.165) is 15.3 Å². The molecular formula is C19H19N3O4S2. The van der Waals surface area contributed by atoms with E-state index >= 15 is 0 Å². The van der Waals surface area contributed by atoms with Gasteiger partial charge >= 0.3 is 0 Å². The number of hydrogen-bond donors (Lipinski definition) is 2. The zero-order valence-electron chi connectivity index (χ0n) is 15.6. The first-order chi connectivity index (χ1) is 13.4. The third-order valence-corrected chi connectivity index (χ3v) is 6.82. The Balaban J connectivity index is 1.41. The number of carbonyl (C=O) groups is 1. The molecule has 1 aliphatic heterocycles. The zero-order chi connectivity index (χ0) is 19.8. The molecule has 28 heavy (non-hydrogen) atoms. The van der Waals surface area contributed by atoms with Crippen LogP contribution in [0.5, 0.6) is 11.5 Å². The summed E-state index contributed by atoms with van der Waals surface area (Å²) in [5.74, 6) is 2.18. The van der Waals surface area contributed by atoms with Crippen LogP contribution < -0.4 is 20.3 Å². The Morgan fingerprint density at radius 2 is 2.14 bits per heavy atom. The number of aryl methyl sites for hydroxylation is 2. The van der Waals surface area contributed by atoms with Gasteiger partial charge in [-0.05, 0) is 38.5 Å². The number of hydrogen-bond acceptors (Lipinski definition) is 7. The number of thiophene rings is 1. The first kappa shape index (κ1) is 18.8. The Bertz CT molecular complexity index is 1120. The molecule has 7 nitrogen and oxygen atoms in total. The van der Waals surface area contributed by atoms with Gasteiger partial charge in [0.15, 0.2) is 11.5 Å². The molecule has 0 fully saturated rings. The lowest BCUT2D eigenvalue weighted by Crippen LogP contribution is -2.23. The maximum atomic E-state index is 12.5. The molecule has 0 saturated carbocycles. The van der Waals surface area contributed by atoms with Crippen LogP contribution in [0.2, 0.25) is 0 Å². The fourth-order valence-corrected chi connectivity index (χ4v) is 4.67. The van der Waals surface area contributed by atoms with Crippen LogP contribution in [0.4, 0.5) is 5.69 Å². The van der Waals surface area contributed by atoms with E-state index in [-0.39, 0.29) is 23.5 Å². The van der Waals surface area contributed by atoms with Crippen LogP contribution >= 0.6 is 23.1 Å². The summed E-state index contributed by atoms with van der Waals surface area (Å²) in [7, 11) is 0. The van der Waals surface area contributed by atoms with Gasteiger partial charge in [0.25, 0.3) is 5.56 Å². The standard InChI is InChI=1S/C19H19N3O4S2/c1-9-10(2)28-19-16(9)18(24)21-15(22-19)7-27-11(3)17(23)20-12-4-5-13-14(6-12)26-8-25-13/h4-6,11H,7-8H2,1-3H3,(H,20,23)(H,21,22,24)/t11-/m1/s1. The molecule has 1 amide bonds. The second-order valence-electron chi connectivity index (χ2n) is 6.49. The van der Waals surface area contributed by atoms with Crippen molar-refractivity contribution in [3.8, 4) is 11.5 Å². The van der Waals surface area contributed by atoms with Gasteiger partial charge < -0.3 is 19.8 Å². The third-order valence-electron chi connectivity index (χ3n) is 4.57. The van der Waals surface area contributed by atoms with Crippen molar-refractivity contribution in [3.05, 3.63) is 44.8 Å². The Morgan fingerprint density at radius 3 is 2.96 bits per heavy atom. The predicted molar refractivity (Wildman–Crippen MR) is 112 cm³/mol. The summed E-state index contributed by atoms with van der Waals surface area (Å²) in [6.07, 6.45) is 0. The number of rotatable bonds is 5. The number of aromatic amines is 1. The molecule has 4 rings (SSSR count). The fraction of sp³-hybridized carbons (Fsp3) is 0.316. The molecule has 3 heterocycles. The molecule has 0 unspecified atom stereocenters. The van der Waals surface area contributed by atoms with E-state index < -0.39 is 0 Å². The number of carbonyl (C=O) groups excluding carboxylic acids is 1. The van der Waals surface area contributed by atoms with Crippen LogP contribution in [0.1, 0.15) is 23.2 Å². The second-order valence-corrected chi connectivity index (χ2v) is 9.02. The van der Waals surface area contributed by atoms with Crippen molar-refractivity contribution in [1.29, 1.82) is 0 Å². The zero-order valence-corrected chi connectivity index (χ0v) is 17.3. The fourth-order valence-electron chi connectivity index (χ4n) is 2.87. The van der Waals surface area contributed by atoms with Gasteiger partial charge in [-0.3, -0.25) is 9.59 Å². The Morgan fingerprint density at radius 1 is 1.36 bits per heavy atom. The predicted octanol–water partition coefficient (Wildman–Crippen LogP) is 3.59. The molecule has 2 aromatic heterocycles. The minimum Gasteiger partial charge on any atom is -0.454 e. The molecule has 9 heteroatoms. The van der Waals surface area contributed by atoms with Gasteiger partial charge in [-0.1, -0.05) is 0 Å². The average Bonchev–Trinajstić information content (AvgIpc) is 3.23. The van der Waals surface area contributed by atoms with Gasteiger partial charge in [0.2, 0.25) is 12.7 Å². The molecule has 1 atom stereocenters. The Kier molecular flexibility index (Phi) is 5.03. The Hall–Kier alpha value is -2.52. The molecule has 1 aliphatic rings. The maximum absolute atomic E-state index is 12.5. The monoisotopic (exact) mass is 417 g/mol. The van der Waals surface area contributed by atoms with Crippen LogP contribution in [0.3, 0.4) is 0 Å². The Labute approximate surface area is 169 Å². The molecule has 0 radical (unpaired) electrons. The largest absolute Gasteiger partial charge is 0.454 e. The van der Waals surface area contributed by atoms with Crippen LogP contribution in [0.25, 0.3) is 10.2 Å². The van der Waals surface area contributed by atoms with E-state index in [4.69, 9.17) is 9.47 Å². The molecule has 0 aliphatic carbocycles. The third kappa shape index (κ3) is 3.59.